The Morgan fingerprint density at radius 3 is 2.85 bits per heavy atom. The Morgan fingerprint density at radius 1 is 1.45 bits per heavy atom. The predicted octanol–water partition coefficient (Wildman–Crippen LogP) is 2.19. The summed E-state index contributed by atoms with van der Waals surface area (Å²) in [4.78, 5) is 14.4. The average molecular weight is 276 g/mol. The lowest BCUT2D eigenvalue weighted by atomic mass is 9.98. The third kappa shape index (κ3) is 3.12. The fraction of sp³-hybridized carbons (Fsp3) is 0.562. The second-order valence-corrected chi connectivity index (χ2v) is 5.56. The molecular formula is C16H24N2O2. The highest BCUT2D eigenvalue weighted by Crippen LogP contribution is 2.24. The summed E-state index contributed by atoms with van der Waals surface area (Å²) in [6, 6.07) is 7.90. The molecular weight excluding hydrogens is 252 g/mol. The van der Waals surface area contributed by atoms with Gasteiger partial charge in [-0.05, 0) is 39.3 Å². The van der Waals surface area contributed by atoms with Gasteiger partial charge in [0, 0.05) is 19.2 Å². The summed E-state index contributed by atoms with van der Waals surface area (Å²) in [5.41, 5.74) is 0.641. The molecule has 4 nitrogen and oxygen atoms in total. The molecule has 0 bridgehead atoms. The molecule has 1 saturated heterocycles. The first-order chi connectivity index (χ1) is 9.57. The Morgan fingerprint density at radius 2 is 2.20 bits per heavy atom. The van der Waals surface area contributed by atoms with Crippen LogP contribution in [0.2, 0.25) is 0 Å². The maximum absolute atomic E-state index is 12.6. The molecule has 0 aromatic heterocycles. The van der Waals surface area contributed by atoms with Crippen LogP contribution >= 0.6 is 0 Å². The molecule has 2 rings (SSSR count). The molecule has 1 aromatic rings. The Hall–Kier alpha value is -1.55. The molecule has 4 heteroatoms. The number of hydrogen-bond donors (Lipinski definition) is 1. The molecule has 1 fully saturated rings. The van der Waals surface area contributed by atoms with Crippen molar-refractivity contribution in [3.8, 4) is 5.75 Å². The smallest absolute Gasteiger partial charge is 0.242 e. The van der Waals surface area contributed by atoms with Crippen molar-refractivity contribution in [2.24, 2.45) is 0 Å². The SMILES string of the molecule is CCOc1ccccc1CN(C)C(=O)C1(C)CCCN1. The molecule has 1 atom stereocenters. The van der Waals surface area contributed by atoms with Gasteiger partial charge in [-0.2, -0.15) is 0 Å². The van der Waals surface area contributed by atoms with E-state index < -0.39 is 5.54 Å². The highest BCUT2D eigenvalue weighted by Gasteiger charge is 2.37. The van der Waals surface area contributed by atoms with Gasteiger partial charge in [-0.1, -0.05) is 18.2 Å². The average Bonchev–Trinajstić information content (AvgIpc) is 2.88. The summed E-state index contributed by atoms with van der Waals surface area (Å²) >= 11 is 0. The van der Waals surface area contributed by atoms with Crippen LogP contribution in [0.3, 0.4) is 0 Å². The summed E-state index contributed by atoms with van der Waals surface area (Å²) in [5, 5.41) is 3.32. The van der Waals surface area contributed by atoms with Gasteiger partial charge in [-0.3, -0.25) is 4.79 Å². The van der Waals surface area contributed by atoms with Crippen LogP contribution in [-0.4, -0.2) is 36.5 Å². The summed E-state index contributed by atoms with van der Waals surface area (Å²) in [6.07, 6.45) is 1.97. The summed E-state index contributed by atoms with van der Waals surface area (Å²) < 4.78 is 5.61. The number of para-hydroxylation sites is 1. The first-order valence-corrected chi connectivity index (χ1v) is 7.28. The minimum Gasteiger partial charge on any atom is -0.494 e. The number of carbonyl (C=O) groups is 1. The standard InChI is InChI=1S/C16H24N2O2/c1-4-20-14-9-6-5-8-13(14)12-18(3)15(19)16(2)10-7-11-17-16/h5-6,8-9,17H,4,7,10-12H2,1-3H3. The van der Waals surface area contributed by atoms with Crippen LogP contribution in [0, 0.1) is 0 Å². The van der Waals surface area contributed by atoms with Crippen molar-refractivity contribution >= 4 is 5.91 Å². The fourth-order valence-electron chi connectivity index (χ4n) is 2.76. The molecule has 0 saturated carbocycles. The lowest BCUT2D eigenvalue weighted by Gasteiger charge is -2.29. The van der Waals surface area contributed by atoms with Crippen molar-refractivity contribution in [2.75, 3.05) is 20.2 Å². The molecule has 1 N–H and O–H groups in total. The Balaban J connectivity index is 2.07. The molecule has 110 valence electrons. The van der Waals surface area contributed by atoms with Crippen molar-refractivity contribution in [1.82, 2.24) is 10.2 Å². The molecule has 1 amide bonds. The minimum atomic E-state index is -0.407. The number of nitrogens with one attached hydrogen (secondary N) is 1. The zero-order chi connectivity index (χ0) is 14.6. The molecule has 0 radical (unpaired) electrons. The van der Waals surface area contributed by atoms with Gasteiger partial charge in [0.05, 0.1) is 12.1 Å². The minimum absolute atomic E-state index is 0.154. The molecule has 1 aromatic carbocycles. The maximum atomic E-state index is 12.6. The number of ether oxygens (including phenoxy) is 1. The number of benzene rings is 1. The molecule has 20 heavy (non-hydrogen) atoms. The molecule has 1 heterocycles. The second-order valence-electron chi connectivity index (χ2n) is 5.56. The number of nitrogens with zero attached hydrogens (tertiary/aromatic N) is 1. The van der Waals surface area contributed by atoms with Crippen molar-refractivity contribution in [1.29, 1.82) is 0 Å². The summed E-state index contributed by atoms with van der Waals surface area (Å²) in [6.45, 7) is 6.09. The van der Waals surface area contributed by atoms with E-state index in [4.69, 9.17) is 4.74 Å². The zero-order valence-electron chi connectivity index (χ0n) is 12.6. The Kier molecular flexibility index (Phi) is 4.65. The van der Waals surface area contributed by atoms with Crippen molar-refractivity contribution in [3.63, 3.8) is 0 Å². The van der Waals surface area contributed by atoms with E-state index in [1.54, 1.807) is 4.90 Å². The summed E-state index contributed by atoms with van der Waals surface area (Å²) in [5.74, 6) is 1.01. The Bertz CT molecular complexity index is 467. The van der Waals surface area contributed by atoms with Crippen LogP contribution in [-0.2, 0) is 11.3 Å². The van der Waals surface area contributed by atoms with Crippen LogP contribution in [0.25, 0.3) is 0 Å². The fourth-order valence-corrected chi connectivity index (χ4v) is 2.76. The highest BCUT2D eigenvalue weighted by atomic mass is 16.5. The van der Waals surface area contributed by atoms with Gasteiger partial charge in [-0.25, -0.2) is 0 Å². The monoisotopic (exact) mass is 276 g/mol. The van der Waals surface area contributed by atoms with Gasteiger partial charge in [0.1, 0.15) is 5.75 Å². The van der Waals surface area contributed by atoms with E-state index in [0.29, 0.717) is 13.2 Å². The topological polar surface area (TPSA) is 41.6 Å². The van der Waals surface area contributed by atoms with Crippen LogP contribution in [0.5, 0.6) is 5.75 Å². The molecule has 1 aliphatic heterocycles. The highest BCUT2D eigenvalue weighted by molar-refractivity contribution is 5.86. The molecule has 0 aliphatic carbocycles. The van der Waals surface area contributed by atoms with Crippen LogP contribution in [0.4, 0.5) is 0 Å². The molecule has 1 aliphatic rings. The van der Waals surface area contributed by atoms with E-state index in [0.717, 1.165) is 30.7 Å². The van der Waals surface area contributed by atoms with Gasteiger partial charge in [0.15, 0.2) is 0 Å². The van der Waals surface area contributed by atoms with Gasteiger partial charge < -0.3 is 15.0 Å². The molecule has 1 unspecified atom stereocenters. The van der Waals surface area contributed by atoms with Crippen molar-refractivity contribution in [2.45, 2.75) is 38.8 Å². The normalized spacial score (nSPS) is 21.8. The van der Waals surface area contributed by atoms with E-state index in [-0.39, 0.29) is 5.91 Å². The van der Waals surface area contributed by atoms with Crippen LogP contribution < -0.4 is 10.1 Å². The van der Waals surface area contributed by atoms with E-state index >= 15 is 0 Å². The first kappa shape index (κ1) is 14.9. The van der Waals surface area contributed by atoms with Crippen LogP contribution in [0.1, 0.15) is 32.3 Å². The number of carbonyl (C=O) groups excluding carboxylic acids is 1. The first-order valence-electron chi connectivity index (χ1n) is 7.28. The summed E-state index contributed by atoms with van der Waals surface area (Å²) in [7, 11) is 1.86. The van der Waals surface area contributed by atoms with Crippen molar-refractivity contribution < 1.29 is 9.53 Å². The lowest BCUT2D eigenvalue weighted by molar-refractivity contribution is -0.136. The third-order valence-corrected chi connectivity index (χ3v) is 3.87. The van der Waals surface area contributed by atoms with Gasteiger partial charge in [0.25, 0.3) is 0 Å². The van der Waals surface area contributed by atoms with Gasteiger partial charge in [-0.15, -0.1) is 0 Å². The maximum Gasteiger partial charge on any atom is 0.242 e. The van der Waals surface area contributed by atoms with E-state index in [1.165, 1.54) is 0 Å². The Labute approximate surface area is 121 Å². The van der Waals surface area contributed by atoms with E-state index in [9.17, 15) is 4.79 Å². The van der Waals surface area contributed by atoms with E-state index in [2.05, 4.69) is 5.32 Å². The van der Waals surface area contributed by atoms with E-state index in [1.807, 2.05) is 45.2 Å². The molecule has 0 spiro atoms. The number of rotatable bonds is 5. The predicted molar refractivity (Wildman–Crippen MR) is 79.7 cm³/mol. The van der Waals surface area contributed by atoms with Crippen molar-refractivity contribution in [3.05, 3.63) is 29.8 Å². The van der Waals surface area contributed by atoms with Gasteiger partial charge >= 0.3 is 0 Å². The second kappa shape index (κ2) is 6.27. The number of hydrogen-bond acceptors (Lipinski definition) is 3. The van der Waals surface area contributed by atoms with Gasteiger partial charge in [0.2, 0.25) is 5.91 Å². The number of likely N-dealkylation sites (N-methyl/N-ethyl adjacent to an activating group) is 1. The quantitative estimate of drug-likeness (QED) is 0.896. The zero-order valence-corrected chi connectivity index (χ0v) is 12.6. The largest absolute Gasteiger partial charge is 0.494 e. The lowest BCUT2D eigenvalue weighted by Crippen LogP contribution is -2.51. The van der Waals surface area contributed by atoms with Crippen LogP contribution in [0.15, 0.2) is 24.3 Å². The third-order valence-electron chi connectivity index (χ3n) is 3.87. The number of amides is 1.